The van der Waals surface area contributed by atoms with Gasteiger partial charge in [0.05, 0.1) is 6.21 Å². The van der Waals surface area contributed by atoms with Crippen molar-refractivity contribution in [2.75, 3.05) is 0 Å². The Kier molecular flexibility index (Phi) is 5.84. The number of amides is 1. The predicted molar refractivity (Wildman–Crippen MR) is 117 cm³/mol. The maximum Gasteiger partial charge on any atom is 0.244 e. The van der Waals surface area contributed by atoms with Crippen molar-refractivity contribution in [3.63, 3.8) is 0 Å². The molecular formula is C23H24Cl2N2O2. The van der Waals surface area contributed by atoms with Crippen molar-refractivity contribution in [3.8, 4) is 5.75 Å². The molecule has 0 saturated heterocycles. The first kappa shape index (κ1) is 20.2. The maximum absolute atomic E-state index is 12.4. The number of nitrogens with one attached hydrogen (secondary N) is 1. The highest BCUT2D eigenvalue weighted by Crippen LogP contribution is 2.66. The summed E-state index contributed by atoms with van der Waals surface area (Å²) in [6.07, 6.45) is 6.46. The molecule has 29 heavy (non-hydrogen) atoms. The van der Waals surface area contributed by atoms with E-state index in [1.165, 1.54) is 19.3 Å². The van der Waals surface area contributed by atoms with Crippen LogP contribution in [-0.2, 0) is 11.4 Å². The Hall–Kier alpha value is -2.04. The summed E-state index contributed by atoms with van der Waals surface area (Å²) in [6.45, 7) is 2.60. The van der Waals surface area contributed by atoms with Crippen LogP contribution >= 0.6 is 23.2 Å². The van der Waals surface area contributed by atoms with Crippen LogP contribution in [0.5, 0.6) is 5.75 Å². The highest BCUT2D eigenvalue weighted by Gasteiger charge is 2.64. The number of benzene rings is 2. The Morgan fingerprint density at radius 1 is 1.24 bits per heavy atom. The lowest BCUT2D eigenvalue weighted by Gasteiger charge is -2.15. The van der Waals surface area contributed by atoms with Crippen molar-refractivity contribution in [3.05, 3.63) is 63.6 Å². The summed E-state index contributed by atoms with van der Waals surface area (Å²) >= 11 is 12.1. The van der Waals surface area contributed by atoms with E-state index in [1.807, 2.05) is 30.3 Å². The zero-order valence-electron chi connectivity index (χ0n) is 16.3. The second-order valence-corrected chi connectivity index (χ2v) is 9.01. The van der Waals surface area contributed by atoms with Gasteiger partial charge in [0.15, 0.2) is 0 Å². The van der Waals surface area contributed by atoms with E-state index in [4.69, 9.17) is 27.9 Å². The largest absolute Gasteiger partial charge is 0.489 e. The fraction of sp³-hybridized carbons (Fsp3) is 0.391. The molecule has 4 rings (SSSR count). The van der Waals surface area contributed by atoms with Crippen molar-refractivity contribution in [1.29, 1.82) is 0 Å². The summed E-state index contributed by atoms with van der Waals surface area (Å²) in [7, 11) is 0. The SMILES string of the molecule is C[C@]12CCCC[C@@H]1[C@H]2C(=O)N/N=C\c1ccc(OCc2ccc(Cl)cc2Cl)cc1. The molecule has 0 spiro atoms. The standard InChI is InChI=1S/C23H24Cl2N2O2/c1-23-11-3-2-4-19(23)21(23)22(28)27-26-13-15-5-9-18(10-6-15)29-14-16-7-8-17(24)12-20(16)25/h5-10,12-13,19,21H,2-4,11,14H2,1H3,(H,27,28)/b26-13-/t19-,21+,23+/m1/s1. The zero-order valence-corrected chi connectivity index (χ0v) is 17.8. The fourth-order valence-corrected chi connectivity index (χ4v) is 5.00. The van der Waals surface area contributed by atoms with E-state index in [1.54, 1.807) is 18.3 Å². The molecule has 2 aliphatic rings. The molecule has 2 saturated carbocycles. The molecule has 0 aromatic heterocycles. The van der Waals surface area contributed by atoms with Gasteiger partial charge in [0.2, 0.25) is 5.91 Å². The number of carbonyl (C=O) groups excluding carboxylic acids is 1. The second kappa shape index (κ2) is 8.37. The van der Waals surface area contributed by atoms with Crippen LogP contribution < -0.4 is 10.2 Å². The topological polar surface area (TPSA) is 50.7 Å². The summed E-state index contributed by atoms with van der Waals surface area (Å²) in [4.78, 5) is 12.4. The molecule has 2 aromatic carbocycles. The van der Waals surface area contributed by atoms with Crippen molar-refractivity contribution in [2.45, 2.75) is 39.2 Å². The first-order valence-electron chi connectivity index (χ1n) is 9.97. The number of halogens is 2. The molecule has 1 N–H and O–H groups in total. The van der Waals surface area contributed by atoms with Gasteiger partial charge in [-0.05, 0) is 66.1 Å². The van der Waals surface area contributed by atoms with Crippen LogP contribution in [0.2, 0.25) is 10.0 Å². The molecule has 0 bridgehead atoms. The number of nitrogens with zero attached hydrogens (tertiary/aromatic N) is 1. The van der Waals surface area contributed by atoms with Gasteiger partial charge in [-0.15, -0.1) is 0 Å². The van der Waals surface area contributed by atoms with Crippen molar-refractivity contribution in [2.24, 2.45) is 22.4 Å². The number of hydrazone groups is 1. The van der Waals surface area contributed by atoms with Crippen LogP contribution in [0.4, 0.5) is 0 Å². The minimum absolute atomic E-state index is 0.0513. The van der Waals surface area contributed by atoms with Gasteiger partial charge in [0.25, 0.3) is 0 Å². The average Bonchev–Trinajstić information content (AvgIpc) is 3.34. The molecule has 0 radical (unpaired) electrons. The molecule has 152 valence electrons. The van der Waals surface area contributed by atoms with Gasteiger partial charge < -0.3 is 4.74 Å². The van der Waals surface area contributed by atoms with E-state index >= 15 is 0 Å². The van der Waals surface area contributed by atoms with E-state index in [9.17, 15) is 4.79 Å². The molecule has 1 amide bonds. The molecule has 2 fully saturated rings. The Bertz CT molecular complexity index is 929. The van der Waals surface area contributed by atoms with Crippen molar-refractivity contribution in [1.82, 2.24) is 5.43 Å². The summed E-state index contributed by atoms with van der Waals surface area (Å²) < 4.78 is 5.77. The molecular weight excluding hydrogens is 407 g/mol. The van der Waals surface area contributed by atoms with Gasteiger partial charge in [-0.2, -0.15) is 5.10 Å². The summed E-state index contributed by atoms with van der Waals surface area (Å²) in [6, 6.07) is 12.9. The monoisotopic (exact) mass is 430 g/mol. The first-order valence-corrected chi connectivity index (χ1v) is 10.7. The Balaban J connectivity index is 1.27. The van der Waals surface area contributed by atoms with Gasteiger partial charge in [0, 0.05) is 21.5 Å². The van der Waals surface area contributed by atoms with E-state index in [2.05, 4.69) is 17.5 Å². The number of rotatable bonds is 6. The quantitative estimate of drug-likeness (QED) is 0.461. The van der Waals surface area contributed by atoms with Gasteiger partial charge in [-0.3, -0.25) is 4.79 Å². The molecule has 0 unspecified atom stereocenters. The molecule has 4 nitrogen and oxygen atoms in total. The number of carbonyl (C=O) groups is 1. The molecule has 0 aliphatic heterocycles. The van der Waals surface area contributed by atoms with Gasteiger partial charge in [0.1, 0.15) is 12.4 Å². The normalized spacial score (nSPS) is 25.5. The van der Waals surface area contributed by atoms with E-state index in [-0.39, 0.29) is 17.2 Å². The minimum atomic E-state index is 0.0513. The highest BCUT2D eigenvalue weighted by molar-refractivity contribution is 6.35. The molecule has 6 heteroatoms. The highest BCUT2D eigenvalue weighted by atomic mass is 35.5. The summed E-state index contributed by atoms with van der Waals surface area (Å²) in [5.74, 6) is 1.44. The first-order chi connectivity index (χ1) is 14.0. The zero-order chi connectivity index (χ0) is 20.4. The van der Waals surface area contributed by atoms with E-state index in [0.717, 1.165) is 23.3 Å². The van der Waals surface area contributed by atoms with Crippen molar-refractivity contribution >= 4 is 35.3 Å². The van der Waals surface area contributed by atoms with Crippen LogP contribution in [-0.4, -0.2) is 12.1 Å². The third-order valence-electron chi connectivity index (χ3n) is 6.29. The van der Waals surface area contributed by atoms with Crippen molar-refractivity contribution < 1.29 is 9.53 Å². The van der Waals surface area contributed by atoms with Crippen LogP contribution in [0.15, 0.2) is 47.6 Å². The number of fused-ring (bicyclic) bond motifs is 1. The smallest absolute Gasteiger partial charge is 0.244 e. The van der Waals surface area contributed by atoms with Crippen LogP contribution in [0.1, 0.15) is 43.7 Å². The lowest BCUT2D eigenvalue weighted by molar-refractivity contribution is -0.123. The Morgan fingerprint density at radius 3 is 2.72 bits per heavy atom. The Labute approximate surface area is 181 Å². The third kappa shape index (κ3) is 4.44. The van der Waals surface area contributed by atoms with Gasteiger partial charge in [-0.25, -0.2) is 5.43 Å². The number of hydrogen-bond donors (Lipinski definition) is 1. The number of hydrogen-bond acceptors (Lipinski definition) is 3. The third-order valence-corrected chi connectivity index (χ3v) is 6.88. The van der Waals surface area contributed by atoms with Crippen LogP contribution in [0.3, 0.4) is 0 Å². The lowest BCUT2D eigenvalue weighted by atomic mass is 9.90. The van der Waals surface area contributed by atoms with E-state index in [0.29, 0.717) is 22.6 Å². The Morgan fingerprint density at radius 2 is 2.03 bits per heavy atom. The maximum atomic E-state index is 12.4. The molecule has 2 aliphatic carbocycles. The van der Waals surface area contributed by atoms with E-state index < -0.39 is 0 Å². The molecule has 0 heterocycles. The van der Waals surface area contributed by atoms with Gasteiger partial charge >= 0.3 is 0 Å². The van der Waals surface area contributed by atoms with Gasteiger partial charge in [-0.1, -0.05) is 49.0 Å². The number of ether oxygens (including phenoxy) is 1. The second-order valence-electron chi connectivity index (χ2n) is 8.16. The lowest BCUT2D eigenvalue weighted by Crippen LogP contribution is -2.22. The molecule has 2 aromatic rings. The minimum Gasteiger partial charge on any atom is -0.489 e. The van der Waals surface area contributed by atoms with Crippen LogP contribution in [0, 0.1) is 17.3 Å². The van der Waals surface area contributed by atoms with Crippen LogP contribution in [0.25, 0.3) is 0 Å². The summed E-state index contributed by atoms with van der Waals surface area (Å²) in [5.41, 5.74) is 4.68. The molecule has 3 atom stereocenters. The fourth-order valence-electron chi connectivity index (χ4n) is 4.54. The average molecular weight is 431 g/mol. The predicted octanol–water partition coefficient (Wildman–Crippen LogP) is 5.85. The summed E-state index contributed by atoms with van der Waals surface area (Å²) in [5, 5.41) is 5.33.